The molecule has 0 saturated heterocycles. The second-order valence-electron chi connectivity index (χ2n) is 5.46. The Morgan fingerprint density at radius 1 is 0.545 bits per heavy atom. The van der Waals surface area contributed by atoms with Crippen LogP contribution in [0.25, 0.3) is 0 Å². The van der Waals surface area contributed by atoms with Crippen molar-refractivity contribution in [2.45, 2.75) is 55.4 Å². The molecule has 0 aliphatic rings. The van der Waals surface area contributed by atoms with E-state index in [1.807, 2.05) is 0 Å². The third-order valence-corrected chi connectivity index (χ3v) is 16.1. The van der Waals surface area contributed by atoms with E-state index in [4.69, 9.17) is 15.0 Å². The Morgan fingerprint density at radius 3 is 0.636 bits per heavy atom. The first kappa shape index (κ1) is 27.0. The highest BCUT2D eigenvalue weighted by Gasteiger charge is 2.28. The van der Waals surface area contributed by atoms with Gasteiger partial charge in [-0.3, -0.25) is 0 Å². The molecule has 3 nitrogen and oxygen atoms in total. The highest BCUT2D eigenvalue weighted by molar-refractivity contribution is 7.76. The van der Waals surface area contributed by atoms with Crippen LogP contribution in [0, 0.1) is 0 Å². The van der Waals surface area contributed by atoms with Gasteiger partial charge in [-0.25, -0.2) is 0 Å². The molecule has 0 N–H and O–H groups in total. The van der Waals surface area contributed by atoms with Gasteiger partial charge in [-0.05, 0) is 61.5 Å². The van der Waals surface area contributed by atoms with E-state index < -0.39 is 20.7 Å². The van der Waals surface area contributed by atoms with Gasteiger partial charge in [0.1, 0.15) is 0 Å². The fourth-order valence-electron chi connectivity index (χ4n) is 2.68. The van der Waals surface area contributed by atoms with E-state index in [1.54, 1.807) is 0 Å². The maximum atomic E-state index is 8.33. The Morgan fingerprint density at radius 2 is 0.636 bits per heavy atom. The summed E-state index contributed by atoms with van der Waals surface area (Å²) < 4.78 is 0. The number of carbonyl (C=O) groups is 1. The van der Waals surface area contributed by atoms with Crippen molar-refractivity contribution in [3.8, 4) is 0 Å². The third kappa shape index (κ3) is 12.7. The fraction of sp³-hybridized carbons (Fsp3) is 0.941. The van der Waals surface area contributed by atoms with Crippen LogP contribution in [0.2, 0.25) is 0 Å². The first-order valence-corrected chi connectivity index (χ1v) is 13.9. The highest BCUT2D eigenvalue weighted by Crippen LogP contribution is 2.57. The van der Waals surface area contributed by atoms with E-state index in [9.17, 15) is 0 Å². The predicted octanol–water partition coefficient (Wildman–Crippen LogP) is 3.72. The van der Waals surface area contributed by atoms with Gasteiger partial charge in [-0.1, -0.05) is 0 Å². The molecule has 0 aliphatic carbocycles. The SMILES string of the molecule is CC[P+](CC)(CC)CC.CC[P+](CC)(CC)CC.O=C([O-])[O-]. The molecule has 0 aromatic carbocycles. The van der Waals surface area contributed by atoms with Crippen LogP contribution in [0.5, 0.6) is 0 Å². The van der Waals surface area contributed by atoms with Crippen molar-refractivity contribution < 1.29 is 15.0 Å². The maximum absolute atomic E-state index is 8.33. The van der Waals surface area contributed by atoms with Crippen LogP contribution in [-0.4, -0.2) is 55.5 Å². The van der Waals surface area contributed by atoms with Gasteiger partial charge in [0, 0.05) is 14.5 Å². The molecular weight excluding hydrogens is 314 g/mol. The first-order valence-electron chi connectivity index (χ1n) is 8.80. The van der Waals surface area contributed by atoms with Crippen LogP contribution >= 0.6 is 14.5 Å². The minimum absolute atomic E-state index is 0.420. The lowest BCUT2D eigenvalue weighted by molar-refractivity contribution is -0.415. The number of carbonyl (C=O) groups excluding carboxylic acids is 1. The van der Waals surface area contributed by atoms with Crippen molar-refractivity contribution in [1.82, 2.24) is 0 Å². The molecule has 0 fully saturated rings. The molecule has 0 heterocycles. The van der Waals surface area contributed by atoms with Crippen molar-refractivity contribution in [2.24, 2.45) is 0 Å². The molecule has 0 unspecified atom stereocenters. The van der Waals surface area contributed by atoms with Crippen LogP contribution in [0.3, 0.4) is 0 Å². The summed E-state index contributed by atoms with van der Waals surface area (Å²) in [6, 6.07) is 0. The smallest absolute Gasteiger partial charge is 0.0565 e. The van der Waals surface area contributed by atoms with Gasteiger partial charge in [-0.15, -0.1) is 0 Å². The van der Waals surface area contributed by atoms with Gasteiger partial charge in [0.25, 0.3) is 0 Å². The number of hydrogen-bond acceptors (Lipinski definition) is 3. The summed E-state index contributed by atoms with van der Waals surface area (Å²) in [7, 11) is -0.840. The van der Waals surface area contributed by atoms with E-state index in [0.29, 0.717) is 0 Å². The molecule has 0 spiro atoms. The van der Waals surface area contributed by atoms with Gasteiger partial charge in [-0.2, -0.15) is 0 Å². The zero-order chi connectivity index (χ0) is 18.2. The summed E-state index contributed by atoms with van der Waals surface area (Å²) in [5.41, 5.74) is 0. The fourth-order valence-corrected chi connectivity index (χ4v) is 8.05. The standard InChI is InChI=1S/2C8H20P.CH2O3/c2*1-5-9(6-2,7-3)8-4;2-1(3)4/h2*5-8H2,1-4H3;(H2,2,3,4)/q2*+1;/p-2. The molecule has 0 rings (SSSR count). The largest absolute Gasteiger partial charge is 0.652 e. The molecule has 0 amide bonds. The minimum atomic E-state index is -2.33. The molecule has 0 atom stereocenters. The minimum Gasteiger partial charge on any atom is -0.652 e. The van der Waals surface area contributed by atoms with Gasteiger partial charge in [0.2, 0.25) is 0 Å². The maximum Gasteiger partial charge on any atom is 0.0565 e. The molecule has 136 valence electrons. The van der Waals surface area contributed by atoms with Gasteiger partial charge < -0.3 is 15.0 Å². The average molecular weight is 354 g/mol. The Hall–Kier alpha value is 0.130. The summed E-state index contributed by atoms with van der Waals surface area (Å²) in [5.74, 6) is 0. The summed E-state index contributed by atoms with van der Waals surface area (Å²) in [5, 5.41) is 16.7. The molecule has 0 saturated carbocycles. The topological polar surface area (TPSA) is 63.2 Å². The summed E-state index contributed by atoms with van der Waals surface area (Å²) in [4.78, 5) is 8.33. The Balaban J connectivity index is -0.000000266. The second kappa shape index (κ2) is 16.0. The number of hydrogen-bond donors (Lipinski definition) is 0. The zero-order valence-electron chi connectivity index (χ0n) is 16.3. The van der Waals surface area contributed by atoms with Crippen LogP contribution in [0.4, 0.5) is 4.79 Å². The average Bonchev–Trinajstić information content (AvgIpc) is 2.53. The highest BCUT2D eigenvalue weighted by atomic mass is 31.2. The van der Waals surface area contributed by atoms with Crippen LogP contribution in [-0.2, 0) is 0 Å². The Bertz CT molecular complexity index is 191. The van der Waals surface area contributed by atoms with E-state index in [1.165, 1.54) is 49.3 Å². The lowest BCUT2D eigenvalue weighted by Gasteiger charge is -2.20. The van der Waals surface area contributed by atoms with Crippen LogP contribution in [0.15, 0.2) is 0 Å². The second-order valence-corrected chi connectivity index (χ2v) is 15.9. The van der Waals surface area contributed by atoms with Crippen LogP contribution in [0.1, 0.15) is 55.4 Å². The Kier molecular flexibility index (Phi) is 19.6. The van der Waals surface area contributed by atoms with E-state index in [0.717, 1.165) is 0 Å². The monoisotopic (exact) mass is 354 g/mol. The van der Waals surface area contributed by atoms with Gasteiger partial charge >= 0.3 is 0 Å². The summed E-state index contributed by atoms with van der Waals surface area (Å²) in [6.45, 7) is 18.8. The lowest BCUT2D eigenvalue weighted by atomic mass is 10.9. The lowest BCUT2D eigenvalue weighted by Crippen LogP contribution is -2.37. The van der Waals surface area contributed by atoms with E-state index in [-0.39, 0.29) is 0 Å². The molecule has 5 heteroatoms. The number of rotatable bonds is 8. The molecule has 0 aliphatic heterocycles. The zero-order valence-corrected chi connectivity index (χ0v) is 18.1. The van der Waals surface area contributed by atoms with Crippen molar-refractivity contribution >= 4 is 20.7 Å². The van der Waals surface area contributed by atoms with E-state index in [2.05, 4.69) is 55.4 Å². The van der Waals surface area contributed by atoms with Crippen molar-refractivity contribution in [3.63, 3.8) is 0 Å². The molecule has 0 aromatic rings. The van der Waals surface area contributed by atoms with E-state index >= 15 is 0 Å². The predicted molar refractivity (Wildman–Crippen MR) is 104 cm³/mol. The van der Waals surface area contributed by atoms with Crippen molar-refractivity contribution in [2.75, 3.05) is 49.3 Å². The first-order chi connectivity index (χ1) is 10.2. The third-order valence-electron chi connectivity index (χ3n) is 5.37. The van der Waals surface area contributed by atoms with Crippen molar-refractivity contribution in [1.29, 1.82) is 0 Å². The molecule has 0 aromatic heterocycles. The summed E-state index contributed by atoms with van der Waals surface area (Å²) in [6.07, 6.45) is 9.31. The van der Waals surface area contributed by atoms with Gasteiger partial charge in [0.15, 0.2) is 0 Å². The molecule has 0 bridgehead atoms. The van der Waals surface area contributed by atoms with Gasteiger partial charge in [0.05, 0.1) is 49.3 Å². The van der Waals surface area contributed by atoms with Crippen molar-refractivity contribution in [3.05, 3.63) is 0 Å². The molecule has 0 radical (unpaired) electrons. The Labute approximate surface area is 141 Å². The molecular formula is C17H40O3P2. The van der Waals surface area contributed by atoms with Crippen LogP contribution < -0.4 is 10.2 Å². The quantitative estimate of drug-likeness (QED) is 0.624. The normalized spacial score (nSPS) is 10.9. The summed E-state index contributed by atoms with van der Waals surface area (Å²) >= 11 is 0. The molecule has 22 heavy (non-hydrogen) atoms. The number of carboxylic acid groups (broad SMARTS) is 2.